The minimum absolute atomic E-state index is 0.715. The molecule has 0 bridgehead atoms. The Morgan fingerprint density at radius 3 is 1.70 bits per heavy atom. The summed E-state index contributed by atoms with van der Waals surface area (Å²) < 4.78 is 26.7. The number of hydrogen-bond acceptors (Lipinski definition) is 2. The quantitative estimate of drug-likeness (QED) is 0.452. The monoisotopic (exact) mass is 280 g/mol. The Morgan fingerprint density at radius 2 is 1.70 bits per heavy atom. The second-order valence-electron chi connectivity index (χ2n) is 1.92. The van der Waals surface area contributed by atoms with Crippen LogP contribution in [0, 0.1) is 0 Å². The van der Waals surface area contributed by atoms with Gasteiger partial charge in [-0.3, -0.25) is 4.55 Å². The molecule has 0 rings (SSSR count). The summed E-state index contributed by atoms with van der Waals surface area (Å²) in [5, 5.41) is 0. The molecule has 1 N–H and O–H groups in total. The molecule has 10 heavy (non-hydrogen) atoms. The zero-order chi connectivity index (χ0) is 8.78. The van der Waals surface area contributed by atoms with E-state index in [0.29, 0.717) is 6.26 Å². The molecule has 5 heteroatoms. The summed E-state index contributed by atoms with van der Waals surface area (Å²) >= 11 is 2.41. The van der Waals surface area contributed by atoms with Gasteiger partial charge < -0.3 is 0 Å². The first kappa shape index (κ1) is 13.2. The average molecular weight is 280 g/mol. The van der Waals surface area contributed by atoms with Gasteiger partial charge in [0.25, 0.3) is 10.1 Å². The molecule has 0 aliphatic rings. The number of alkyl halides is 1. The van der Waals surface area contributed by atoms with Crippen LogP contribution in [0.15, 0.2) is 0 Å². The van der Waals surface area contributed by atoms with E-state index in [1.807, 2.05) is 0 Å². The van der Waals surface area contributed by atoms with Crippen LogP contribution >= 0.6 is 22.6 Å². The van der Waals surface area contributed by atoms with E-state index in [1.54, 1.807) is 0 Å². The SMILES string of the molecule is CCC(C)I.CS(=O)(=O)O. The molecular formula is C5H13IO3S. The molecule has 0 fully saturated rings. The van der Waals surface area contributed by atoms with Crippen molar-refractivity contribution in [1.82, 2.24) is 0 Å². The van der Waals surface area contributed by atoms with Crippen LogP contribution < -0.4 is 0 Å². The highest BCUT2D eigenvalue weighted by Crippen LogP contribution is 2.00. The molecule has 0 spiro atoms. The summed E-state index contributed by atoms with van der Waals surface area (Å²) in [4.78, 5) is 0. The zero-order valence-corrected chi connectivity index (χ0v) is 9.31. The van der Waals surface area contributed by atoms with E-state index in [1.165, 1.54) is 6.42 Å². The van der Waals surface area contributed by atoms with Crippen molar-refractivity contribution in [3.8, 4) is 0 Å². The van der Waals surface area contributed by atoms with Gasteiger partial charge in [-0.25, -0.2) is 0 Å². The van der Waals surface area contributed by atoms with Crippen LogP contribution in [0.1, 0.15) is 20.3 Å². The lowest BCUT2D eigenvalue weighted by Crippen LogP contribution is -1.88. The van der Waals surface area contributed by atoms with Crippen molar-refractivity contribution in [2.24, 2.45) is 0 Å². The number of hydrogen-bond donors (Lipinski definition) is 1. The maximum atomic E-state index is 9.19. The molecule has 0 saturated carbocycles. The molecule has 0 aromatic heterocycles. The number of halogens is 1. The third-order valence-electron chi connectivity index (χ3n) is 0.563. The van der Waals surface area contributed by atoms with Crippen molar-refractivity contribution in [2.75, 3.05) is 6.26 Å². The highest BCUT2D eigenvalue weighted by molar-refractivity contribution is 14.1. The third-order valence-corrected chi connectivity index (χ3v) is 1.44. The third kappa shape index (κ3) is 72.4. The summed E-state index contributed by atoms with van der Waals surface area (Å²) in [6.07, 6.45) is 2.01. The normalized spacial score (nSPS) is 13.3. The van der Waals surface area contributed by atoms with Crippen molar-refractivity contribution in [1.29, 1.82) is 0 Å². The lowest BCUT2D eigenvalue weighted by atomic mass is 10.4. The highest BCUT2D eigenvalue weighted by atomic mass is 127. The molecule has 0 amide bonds. The van der Waals surface area contributed by atoms with Crippen LogP contribution in [-0.4, -0.2) is 23.2 Å². The van der Waals surface area contributed by atoms with Crippen LogP contribution in [0.2, 0.25) is 0 Å². The number of rotatable bonds is 1. The molecule has 0 aromatic carbocycles. The molecule has 0 radical (unpaired) electrons. The molecule has 0 saturated heterocycles. The fourth-order valence-electron chi connectivity index (χ4n) is 0. The Labute approximate surface area is 76.1 Å². The highest BCUT2D eigenvalue weighted by Gasteiger charge is 1.82. The average Bonchev–Trinajstić information content (AvgIpc) is 1.61. The minimum Gasteiger partial charge on any atom is -0.286 e. The Morgan fingerprint density at radius 1 is 1.60 bits per heavy atom. The minimum atomic E-state index is -3.67. The van der Waals surface area contributed by atoms with E-state index in [4.69, 9.17) is 4.55 Å². The van der Waals surface area contributed by atoms with Gasteiger partial charge in [-0.15, -0.1) is 0 Å². The van der Waals surface area contributed by atoms with E-state index in [2.05, 4.69) is 36.4 Å². The first-order valence-electron chi connectivity index (χ1n) is 2.84. The van der Waals surface area contributed by atoms with Crippen LogP contribution in [0.3, 0.4) is 0 Å². The van der Waals surface area contributed by atoms with Gasteiger partial charge in [0.1, 0.15) is 0 Å². The first-order valence-corrected chi connectivity index (χ1v) is 5.93. The lowest BCUT2D eigenvalue weighted by molar-refractivity contribution is 0.490. The predicted molar refractivity (Wildman–Crippen MR) is 51.2 cm³/mol. The van der Waals surface area contributed by atoms with E-state index in [0.717, 1.165) is 3.92 Å². The summed E-state index contributed by atoms with van der Waals surface area (Å²) in [7, 11) is -3.67. The summed E-state index contributed by atoms with van der Waals surface area (Å²) in [6.45, 7) is 4.40. The van der Waals surface area contributed by atoms with Crippen molar-refractivity contribution in [2.45, 2.75) is 24.2 Å². The smallest absolute Gasteiger partial charge is 0.261 e. The Kier molecular flexibility index (Phi) is 8.42. The summed E-state index contributed by atoms with van der Waals surface area (Å²) in [5.41, 5.74) is 0. The van der Waals surface area contributed by atoms with E-state index >= 15 is 0 Å². The van der Waals surface area contributed by atoms with Crippen LogP contribution in [-0.2, 0) is 10.1 Å². The summed E-state index contributed by atoms with van der Waals surface area (Å²) in [6, 6.07) is 0. The van der Waals surface area contributed by atoms with Gasteiger partial charge in [0.05, 0.1) is 6.26 Å². The molecule has 0 aliphatic carbocycles. The molecule has 1 unspecified atom stereocenters. The van der Waals surface area contributed by atoms with Crippen LogP contribution in [0.25, 0.3) is 0 Å². The fraction of sp³-hybridized carbons (Fsp3) is 1.00. The Hall–Kier alpha value is 0.640. The molecule has 0 aromatic rings. The molecule has 64 valence electrons. The van der Waals surface area contributed by atoms with Gasteiger partial charge in [0, 0.05) is 3.92 Å². The van der Waals surface area contributed by atoms with E-state index in [9.17, 15) is 8.42 Å². The van der Waals surface area contributed by atoms with Crippen LogP contribution in [0.4, 0.5) is 0 Å². The molecule has 0 heterocycles. The maximum Gasteiger partial charge on any atom is 0.261 e. The van der Waals surface area contributed by atoms with Crippen molar-refractivity contribution >= 4 is 32.7 Å². The first-order chi connectivity index (χ1) is 4.27. The second-order valence-corrected chi connectivity index (χ2v) is 5.51. The standard InChI is InChI=1S/C4H9I.CH4O3S/c1-3-4(2)5;1-5(2,3)4/h4H,3H2,1-2H3;1H3,(H,2,3,4). The Bertz CT molecular complexity index is 142. The largest absolute Gasteiger partial charge is 0.286 e. The van der Waals surface area contributed by atoms with Gasteiger partial charge in [-0.05, 0) is 6.42 Å². The molecule has 1 atom stereocenters. The van der Waals surface area contributed by atoms with Crippen molar-refractivity contribution in [3.63, 3.8) is 0 Å². The fourth-order valence-corrected chi connectivity index (χ4v) is 0. The van der Waals surface area contributed by atoms with Gasteiger partial charge in [-0.2, -0.15) is 8.42 Å². The van der Waals surface area contributed by atoms with E-state index < -0.39 is 10.1 Å². The zero-order valence-electron chi connectivity index (χ0n) is 6.33. The predicted octanol–water partition coefficient (Wildman–Crippen LogP) is 1.72. The Balaban J connectivity index is 0. The van der Waals surface area contributed by atoms with Crippen molar-refractivity contribution in [3.05, 3.63) is 0 Å². The maximum absolute atomic E-state index is 9.19. The molecule has 0 aliphatic heterocycles. The molecule has 3 nitrogen and oxygen atoms in total. The van der Waals surface area contributed by atoms with Gasteiger partial charge >= 0.3 is 0 Å². The lowest BCUT2D eigenvalue weighted by Gasteiger charge is -1.88. The van der Waals surface area contributed by atoms with Crippen LogP contribution in [0.5, 0.6) is 0 Å². The van der Waals surface area contributed by atoms with E-state index in [-0.39, 0.29) is 0 Å². The summed E-state index contributed by atoms with van der Waals surface area (Å²) in [5.74, 6) is 0. The van der Waals surface area contributed by atoms with Gasteiger partial charge in [0.2, 0.25) is 0 Å². The topological polar surface area (TPSA) is 54.4 Å². The van der Waals surface area contributed by atoms with Gasteiger partial charge in [-0.1, -0.05) is 36.4 Å². The second kappa shape index (κ2) is 6.36. The van der Waals surface area contributed by atoms with Gasteiger partial charge in [0.15, 0.2) is 0 Å². The molecular weight excluding hydrogens is 267 g/mol. The van der Waals surface area contributed by atoms with Crippen molar-refractivity contribution < 1.29 is 13.0 Å².